The van der Waals surface area contributed by atoms with Crippen LogP contribution in [0, 0.1) is 0 Å². The molecule has 13 heteroatoms. The van der Waals surface area contributed by atoms with Gasteiger partial charge in [-0.25, -0.2) is 14.6 Å². The average molecular weight is 553 g/mol. The lowest BCUT2D eigenvalue weighted by Gasteiger charge is -2.10. The molecule has 4 rings (SSSR count). The highest BCUT2D eigenvalue weighted by atomic mass is 32.2. The highest BCUT2D eigenvalue weighted by Crippen LogP contribution is 2.33. The Labute approximate surface area is 216 Å². The van der Waals surface area contributed by atoms with Crippen molar-refractivity contribution in [3.63, 3.8) is 0 Å². The zero-order valence-electron chi connectivity index (χ0n) is 19.5. The molecule has 0 radical (unpaired) electrons. The predicted octanol–water partition coefficient (Wildman–Crippen LogP) is 6.55. The summed E-state index contributed by atoms with van der Waals surface area (Å²) in [6, 6.07) is 12.4. The Morgan fingerprint density at radius 3 is 2.21 bits per heavy atom. The molecule has 0 atom stereocenters. The van der Waals surface area contributed by atoms with Crippen LogP contribution in [-0.4, -0.2) is 38.1 Å². The van der Waals surface area contributed by atoms with Crippen molar-refractivity contribution in [2.24, 2.45) is 0 Å². The van der Waals surface area contributed by atoms with Gasteiger partial charge in [0, 0.05) is 23.4 Å². The van der Waals surface area contributed by atoms with Gasteiger partial charge in [-0.15, -0.1) is 0 Å². The van der Waals surface area contributed by atoms with Crippen molar-refractivity contribution in [1.29, 1.82) is 0 Å². The SMILES string of the molecule is CSc1nccc(-n2nccc2-c2cccc(C(F)(F)F)c2)n1.O=CCC(=O)c1cccc(C(F)(F)F)c1. The summed E-state index contributed by atoms with van der Waals surface area (Å²) in [4.78, 5) is 29.6. The van der Waals surface area contributed by atoms with Gasteiger partial charge in [0.1, 0.15) is 6.29 Å². The molecule has 198 valence electrons. The van der Waals surface area contributed by atoms with Crippen LogP contribution in [-0.2, 0) is 17.1 Å². The lowest BCUT2D eigenvalue weighted by molar-refractivity contribution is -0.138. The summed E-state index contributed by atoms with van der Waals surface area (Å²) < 4.78 is 76.9. The van der Waals surface area contributed by atoms with Crippen molar-refractivity contribution in [3.05, 3.63) is 89.7 Å². The van der Waals surface area contributed by atoms with Crippen LogP contribution in [0.25, 0.3) is 17.1 Å². The van der Waals surface area contributed by atoms with E-state index in [4.69, 9.17) is 0 Å². The number of hydrogen-bond acceptors (Lipinski definition) is 6. The number of nitrogens with zero attached hydrogens (tertiary/aromatic N) is 4. The minimum atomic E-state index is -4.47. The Hall–Kier alpha value is -4.00. The van der Waals surface area contributed by atoms with E-state index in [2.05, 4.69) is 15.1 Å². The molecule has 0 unspecified atom stereocenters. The van der Waals surface area contributed by atoms with E-state index in [9.17, 15) is 35.9 Å². The summed E-state index contributed by atoms with van der Waals surface area (Å²) in [6.45, 7) is 0. The number of carbonyl (C=O) groups excluding carboxylic acids is 2. The first kappa shape index (κ1) is 28.6. The second-order valence-corrected chi connectivity index (χ2v) is 8.25. The van der Waals surface area contributed by atoms with Crippen LogP contribution in [0.5, 0.6) is 0 Å². The van der Waals surface area contributed by atoms with Crippen molar-refractivity contribution in [1.82, 2.24) is 19.7 Å². The van der Waals surface area contributed by atoms with Crippen molar-refractivity contribution in [2.75, 3.05) is 6.26 Å². The van der Waals surface area contributed by atoms with Gasteiger partial charge < -0.3 is 4.79 Å². The molecule has 0 aliphatic rings. The van der Waals surface area contributed by atoms with Crippen LogP contribution in [0.15, 0.2) is 78.2 Å². The minimum absolute atomic E-state index is 0.100. The van der Waals surface area contributed by atoms with Gasteiger partial charge in [0.15, 0.2) is 16.8 Å². The lowest BCUT2D eigenvalue weighted by atomic mass is 10.1. The minimum Gasteiger partial charge on any atom is -0.303 e. The first-order chi connectivity index (χ1) is 17.9. The summed E-state index contributed by atoms with van der Waals surface area (Å²) >= 11 is 1.38. The fourth-order valence-electron chi connectivity index (χ4n) is 3.17. The molecule has 0 fully saturated rings. The molecule has 2 aromatic carbocycles. The normalized spacial score (nSPS) is 11.4. The number of thioether (sulfide) groups is 1. The van der Waals surface area contributed by atoms with Gasteiger partial charge in [-0.2, -0.15) is 31.4 Å². The van der Waals surface area contributed by atoms with E-state index in [1.165, 1.54) is 34.8 Å². The van der Waals surface area contributed by atoms with E-state index in [1.807, 2.05) is 6.26 Å². The third kappa shape index (κ3) is 7.28. The quantitative estimate of drug-likeness (QED) is 0.0675. The van der Waals surface area contributed by atoms with Gasteiger partial charge in [-0.3, -0.25) is 4.79 Å². The van der Waals surface area contributed by atoms with Crippen molar-refractivity contribution >= 4 is 23.8 Å². The summed E-state index contributed by atoms with van der Waals surface area (Å²) in [6.07, 6.45) is -3.94. The highest BCUT2D eigenvalue weighted by Gasteiger charge is 2.31. The fraction of sp³-hybridized carbons (Fsp3) is 0.160. The van der Waals surface area contributed by atoms with Gasteiger partial charge in [0.05, 0.1) is 29.4 Å². The summed E-state index contributed by atoms with van der Waals surface area (Å²) in [5, 5.41) is 4.73. The third-order valence-electron chi connectivity index (χ3n) is 4.93. The first-order valence-electron chi connectivity index (χ1n) is 10.7. The second-order valence-electron chi connectivity index (χ2n) is 7.48. The Morgan fingerprint density at radius 2 is 1.58 bits per heavy atom. The number of Topliss-reactive ketones (excluding diaryl/α,β-unsaturated/α-hetero) is 1. The summed E-state index contributed by atoms with van der Waals surface area (Å²) in [7, 11) is 0. The number of aromatic nitrogens is 4. The van der Waals surface area contributed by atoms with Crippen LogP contribution >= 0.6 is 11.8 Å². The summed E-state index contributed by atoms with van der Waals surface area (Å²) in [5.74, 6) is -0.113. The molecule has 0 aliphatic heterocycles. The number of carbonyl (C=O) groups is 2. The molecule has 38 heavy (non-hydrogen) atoms. The molecular weight excluding hydrogens is 534 g/mol. The van der Waals surface area contributed by atoms with Crippen LogP contribution in [0.1, 0.15) is 27.9 Å². The maximum Gasteiger partial charge on any atom is 0.416 e. The third-order valence-corrected chi connectivity index (χ3v) is 5.49. The van der Waals surface area contributed by atoms with Gasteiger partial charge in [0.2, 0.25) is 0 Å². The molecule has 2 aromatic heterocycles. The van der Waals surface area contributed by atoms with Crippen LogP contribution < -0.4 is 0 Å². The Morgan fingerprint density at radius 1 is 0.921 bits per heavy atom. The molecule has 4 aromatic rings. The van der Waals surface area contributed by atoms with Gasteiger partial charge in [0.25, 0.3) is 0 Å². The summed E-state index contributed by atoms with van der Waals surface area (Å²) in [5.41, 5.74) is -0.741. The molecule has 0 aliphatic carbocycles. The van der Waals surface area contributed by atoms with Crippen molar-refractivity contribution < 1.29 is 35.9 Å². The van der Waals surface area contributed by atoms with E-state index >= 15 is 0 Å². The highest BCUT2D eigenvalue weighted by molar-refractivity contribution is 7.98. The molecule has 0 N–H and O–H groups in total. The van der Waals surface area contributed by atoms with Crippen LogP contribution in [0.3, 0.4) is 0 Å². The maximum absolute atomic E-state index is 12.9. The Kier molecular flexibility index (Phi) is 9.04. The van der Waals surface area contributed by atoms with E-state index in [-0.39, 0.29) is 5.56 Å². The van der Waals surface area contributed by atoms with E-state index in [1.54, 1.807) is 24.4 Å². The number of aldehydes is 1. The monoisotopic (exact) mass is 552 g/mol. The molecule has 0 bridgehead atoms. The molecule has 2 heterocycles. The van der Waals surface area contributed by atoms with Gasteiger partial charge in [-0.05, 0) is 36.6 Å². The first-order valence-corrected chi connectivity index (χ1v) is 11.9. The molecule has 0 spiro atoms. The molecule has 0 amide bonds. The van der Waals surface area contributed by atoms with Crippen LogP contribution in [0.2, 0.25) is 0 Å². The Balaban J connectivity index is 0.000000232. The molecule has 0 saturated heterocycles. The largest absolute Gasteiger partial charge is 0.416 e. The predicted molar refractivity (Wildman–Crippen MR) is 128 cm³/mol. The van der Waals surface area contributed by atoms with Crippen molar-refractivity contribution in [3.8, 4) is 17.1 Å². The number of halogens is 6. The molecule has 0 saturated carbocycles. The topological polar surface area (TPSA) is 77.7 Å². The average Bonchev–Trinajstić information content (AvgIpc) is 3.39. The maximum atomic E-state index is 12.9. The van der Waals surface area contributed by atoms with Crippen LogP contribution in [0.4, 0.5) is 26.3 Å². The molecule has 6 nitrogen and oxygen atoms in total. The number of benzene rings is 2. The standard InChI is InChI=1S/C15H11F3N4S.C10H7F3O2/c1-23-14-19-7-6-13(21-14)22-12(5-8-20-22)10-3-2-4-11(9-10)15(16,17)18;11-10(12,13)8-3-1-2-7(6-8)9(15)4-5-14/h2-9H,1H3;1-3,5-6H,4H2. The lowest BCUT2D eigenvalue weighted by Crippen LogP contribution is -2.07. The van der Waals surface area contributed by atoms with Crippen molar-refractivity contribution in [2.45, 2.75) is 23.9 Å². The zero-order valence-corrected chi connectivity index (χ0v) is 20.3. The number of ketones is 1. The number of rotatable bonds is 6. The van der Waals surface area contributed by atoms with E-state index < -0.39 is 35.7 Å². The van der Waals surface area contributed by atoms with Gasteiger partial charge >= 0.3 is 12.4 Å². The number of alkyl halides is 6. The smallest absolute Gasteiger partial charge is 0.303 e. The zero-order chi connectivity index (χ0) is 27.9. The Bertz CT molecular complexity index is 1420. The van der Waals surface area contributed by atoms with Gasteiger partial charge in [-0.1, -0.05) is 36.0 Å². The fourth-order valence-corrected chi connectivity index (χ4v) is 3.52. The van der Waals surface area contributed by atoms with E-state index in [0.717, 1.165) is 30.3 Å². The molecular formula is C25H18F6N4O2S. The number of hydrogen-bond donors (Lipinski definition) is 0. The van der Waals surface area contributed by atoms with E-state index in [0.29, 0.717) is 28.5 Å². The second kappa shape index (κ2) is 12.0.